The topological polar surface area (TPSA) is 102 Å². The van der Waals surface area contributed by atoms with Gasteiger partial charge in [-0.25, -0.2) is 13.1 Å². The lowest BCUT2D eigenvalue weighted by atomic mass is 10.0. The van der Waals surface area contributed by atoms with E-state index in [9.17, 15) is 18.0 Å². The summed E-state index contributed by atoms with van der Waals surface area (Å²) in [6.07, 6.45) is 1.18. The SMILES string of the molecule is COc1cccc2c1CCC2C(=O)NS(=O)(=O)c1ccc(NC(C)=O)cc1C. The summed E-state index contributed by atoms with van der Waals surface area (Å²) >= 11 is 0. The quantitative estimate of drug-likeness (QED) is 0.800. The monoisotopic (exact) mass is 402 g/mol. The molecular formula is C20H22N2O5S. The Balaban J connectivity index is 1.83. The predicted octanol–water partition coefficient (Wildman–Crippen LogP) is 2.50. The zero-order chi connectivity index (χ0) is 20.5. The average molecular weight is 402 g/mol. The fraction of sp³-hybridized carbons (Fsp3) is 0.300. The minimum atomic E-state index is -4.03. The van der Waals surface area contributed by atoms with Crippen LogP contribution in [0.15, 0.2) is 41.3 Å². The fourth-order valence-electron chi connectivity index (χ4n) is 3.57. The van der Waals surface area contributed by atoms with Crippen LogP contribution in [0.5, 0.6) is 5.75 Å². The summed E-state index contributed by atoms with van der Waals surface area (Å²) in [5.74, 6) is -0.644. The number of ether oxygens (including phenoxy) is 1. The van der Waals surface area contributed by atoms with E-state index in [1.165, 1.54) is 19.1 Å². The summed E-state index contributed by atoms with van der Waals surface area (Å²) in [6.45, 7) is 2.98. The Kier molecular flexibility index (Phi) is 5.42. The smallest absolute Gasteiger partial charge is 0.264 e. The van der Waals surface area contributed by atoms with Crippen molar-refractivity contribution >= 4 is 27.5 Å². The summed E-state index contributed by atoms with van der Waals surface area (Å²) in [5.41, 5.74) is 2.66. The van der Waals surface area contributed by atoms with Crippen LogP contribution in [0.2, 0.25) is 0 Å². The molecule has 1 atom stereocenters. The number of hydrogen-bond acceptors (Lipinski definition) is 5. The molecule has 0 aliphatic heterocycles. The van der Waals surface area contributed by atoms with Gasteiger partial charge in [-0.05, 0) is 60.7 Å². The van der Waals surface area contributed by atoms with Crippen molar-refractivity contribution < 1.29 is 22.7 Å². The van der Waals surface area contributed by atoms with E-state index in [1.807, 2.05) is 12.1 Å². The lowest BCUT2D eigenvalue weighted by Crippen LogP contribution is -2.34. The van der Waals surface area contributed by atoms with Crippen molar-refractivity contribution in [1.82, 2.24) is 4.72 Å². The van der Waals surface area contributed by atoms with Gasteiger partial charge in [0.25, 0.3) is 10.0 Å². The summed E-state index contributed by atoms with van der Waals surface area (Å²) in [6, 6.07) is 9.87. The lowest BCUT2D eigenvalue weighted by Gasteiger charge is -2.15. The molecule has 148 valence electrons. The number of fused-ring (bicyclic) bond motifs is 1. The molecule has 2 aromatic rings. The third-order valence-corrected chi connectivity index (χ3v) is 6.29. The van der Waals surface area contributed by atoms with Crippen molar-refractivity contribution in [2.24, 2.45) is 0 Å². The van der Waals surface area contributed by atoms with Crippen LogP contribution in [-0.4, -0.2) is 27.3 Å². The van der Waals surface area contributed by atoms with Crippen LogP contribution in [0, 0.1) is 6.92 Å². The molecule has 1 aliphatic rings. The Labute approximate surface area is 164 Å². The minimum absolute atomic E-state index is 0.00110. The maximum absolute atomic E-state index is 12.7. The van der Waals surface area contributed by atoms with Crippen molar-refractivity contribution in [3.8, 4) is 5.75 Å². The molecule has 2 N–H and O–H groups in total. The predicted molar refractivity (Wildman–Crippen MR) is 105 cm³/mol. The van der Waals surface area contributed by atoms with Gasteiger partial charge >= 0.3 is 0 Å². The Bertz CT molecular complexity index is 1050. The third-order valence-electron chi connectivity index (χ3n) is 4.78. The molecule has 0 saturated carbocycles. The molecule has 8 heteroatoms. The number of sulfonamides is 1. The van der Waals surface area contributed by atoms with Gasteiger partial charge < -0.3 is 10.1 Å². The molecule has 2 aromatic carbocycles. The van der Waals surface area contributed by atoms with Crippen LogP contribution in [0.25, 0.3) is 0 Å². The van der Waals surface area contributed by atoms with Crippen LogP contribution >= 0.6 is 0 Å². The van der Waals surface area contributed by atoms with Gasteiger partial charge in [0, 0.05) is 12.6 Å². The summed E-state index contributed by atoms with van der Waals surface area (Å²) in [5, 5.41) is 2.60. The fourth-order valence-corrected chi connectivity index (χ4v) is 4.82. The van der Waals surface area contributed by atoms with Crippen LogP contribution in [-0.2, 0) is 26.0 Å². The van der Waals surface area contributed by atoms with Crippen molar-refractivity contribution in [2.45, 2.75) is 37.5 Å². The van der Waals surface area contributed by atoms with Gasteiger partial charge in [-0.3, -0.25) is 9.59 Å². The van der Waals surface area contributed by atoms with Gasteiger partial charge in [-0.1, -0.05) is 12.1 Å². The Morgan fingerprint density at radius 2 is 1.93 bits per heavy atom. The van der Waals surface area contributed by atoms with Crippen LogP contribution in [0.1, 0.15) is 36.0 Å². The highest BCUT2D eigenvalue weighted by molar-refractivity contribution is 7.90. The normalized spacial score (nSPS) is 15.6. The number of aryl methyl sites for hydroxylation is 1. The molecule has 2 amide bonds. The van der Waals surface area contributed by atoms with Gasteiger partial charge in [0.1, 0.15) is 5.75 Å². The van der Waals surface area contributed by atoms with E-state index in [4.69, 9.17) is 4.74 Å². The number of rotatable bonds is 5. The van der Waals surface area contributed by atoms with Gasteiger partial charge in [0.2, 0.25) is 11.8 Å². The number of amides is 2. The highest BCUT2D eigenvalue weighted by Gasteiger charge is 2.33. The number of hydrogen-bond donors (Lipinski definition) is 2. The van der Waals surface area contributed by atoms with Crippen molar-refractivity contribution in [1.29, 1.82) is 0 Å². The molecule has 7 nitrogen and oxygen atoms in total. The Morgan fingerprint density at radius 1 is 1.18 bits per heavy atom. The highest BCUT2D eigenvalue weighted by atomic mass is 32.2. The minimum Gasteiger partial charge on any atom is -0.496 e. The second-order valence-electron chi connectivity index (χ2n) is 6.75. The first-order chi connectivity index (χ1) is 13.2. The molecule has 3 rings (SSSR count). The number of anilines is 1. The molecule has 28 heavy (non-hydrogen) atoms. The molecular weight excluding hydrogens is 380 g/mol. The third kappa shape index (κ3) is 3.87. The molecule has 0 aromatic heterocycles. The van der Waals surface area contributed by atoms with E-state index in [2.05, 4.69) is 10.0 Å². The standard InChI is InChI=1S/C20H22N2O5S/c1-12-11-14(21-13(2)23)7-10-19(12)28(25,26)22-20(24)17-9-8-16-15(17)5-4-6-18(16)27-3/h4-7,10-11,17H,8-9H2,1-3H3,(H,21,23)(H,22,24). The van der Waals surface area contributed by atoms with E-state index in [-0.39, 0.29) is 10.8 Å². The first-order valence-electron chi connectivity index (χ1n) is 8.83. The largest absolute Gasteiger partial charge is 0.496 e. The second-order valence-corrected chi connectivity index (χ2v) is 8.40. The van der Waals surface area contributed by atoms with Gasteiger partial charge in [-0.15, -0.1) is 0 Å². The number of benzene rings is 2. The summed E-state index contributed by atoms with van der Waals surface area (Å²) in [7, 11) is -2.46. The lowest BCUT2D eigenvalue weighted by molar-refractivity contribution is -0.120. The molecule has 1 unspecified atom stereocenters. The first kappa shape index (κ1) is 19.9. The average Bonchev–Trinajstić information content (AvgIpc) is 3.04. The summed E-state index contributed by atoms with van der Waals surface area (Å²) < 4.78 is 33.0. The van der Waals surface area contributed by atoms with Crippen molar-refractivity contribution in [2.75, 3.05) is 12.4 Å². The van der Waals surface area contributed by atoms with E-state index in [0.29, 0.717) is 29.8 Å². The van der Waals surface area contributed by atoms with E-state index < -0.39 is 21.8 Å². The van der Waals surface area contributed by atoms with Crippen LogP contribution in [0.4, 0.5) is 5.69 Å². The van der Waals surface area contributed by atoms with Crippen molar-refractivity contribution in [3.05, 3.63) is 53.1 Å². The Hall–Kier alpha value is -2.87. The van der Waals surface area contributed by atoms with Crippen LogP contribution < -0.4 is 14.8 Å². The zero-order valence-corrected chi connectivity index (χ0v) is 16.7. The molecule has 1 aliphatic carbocycles. The van der Waals surface area contributed by atoms with E-state index in [1.54, 1.807) is 26.2 Å². The van der Waals surface area contributed by atoms with Gasteiger partial charge in [0.15, 0.2) is 0 Å². The van der Waals surface area contributed by atoms with Crippen molar-refractivity contribution in [3.63, 3.8) is 0 Å². The Morgan fingerprint density at radius 3 is 2.57 bits per heavy atom. The van der Waals surface area contributed by atoms with E-state index >= 15 is 0 Å². The molecule has 0 heterocycles. The molecule has 0 saturated heterocycles. The first-order valence-corrected chi connectivity index (χ1v) is 10.3. The second kappa shape index (κ2) is 7.63. The highest BCUT2D eigenvalue weighted by Crippen LogP contribution is 2.38. The summed E-state index contributed by atoms with van der Waals surface area (Å²) in [4.78, 5) is 23.9. The van der Waals surface area contributed by atoms with Crippen LogP contribution in [0.3, 0.4) is 0 Å². The number of carbonyl (C=O) groups is 2. The molecule has 0 radical (unpaired) electrons. The van der Waals surface area contributed by atoms with Gasteiger partial charge in [0.05, 0.1) is 17.9 Å². The molecule has 0 fully saturated rings. The molecule has 0 bridgehead atoms. The zero-order valence-electron chi connectivity index (χ0n) is 15.9. The maximum Gasteiger partial charge on any atom is 0.264 e. The number of nitrogens with one attached hydrogen (secondary N) is 2. The van der Waals surface area contributed by atoms with Gasteiger partial charge in [-0.2, -0.15) is 0 Å². The van der Waals surface area contributed by atoms with E-state index in [0.717, 1.165) is 11.1 Å². The molecule has 0 spiro atoms. The maximum atomic E-state index is 12.7. The number of methoxy groups -OCH3 is 1. The number of carbonyl (C=O) groups excluding carboxylic acids is 2.